The first-order valence-electron chi connectivity index (χ1n) is 3.43. The van der Waals surface area contributed by atoms with Crippen molar-refractivity contribution in [3.05, 3.63) is 28.5 Å². The number of rotatable bonds is 3. The molecule has 0 N–H and O–H groups in total. The van der Waals surface area contributed by atoms with Crippen LogP contribution in [-0.4, -0.2) is 12.4 Å². The first-order valence-corrected chi connectivity index (χ1v) is 4.85. The monoisotopic (exact) mass is 250 g/mol. The molecule has 1 rings (SSSR count). The van der Waals surface area contributed by atoms with Gasteiger partial charge in [0, 0.05) is 11.8 Å². The van der Waals surface area contributed by atoms with Crippen LogP contribution in [0.3, 0.4) is 0 Å². The molecule has 1 nitrogen and oxygen atoms in total. The van der Waals surface area contributed by atoms with Crippen LogP contribution in [0, 0.1) is 5.82 Å². The Morgan fingerprint density at radius 2 is 2.25 bits per heavy atom. The van der Waals surface area contributed by atoms with Crippen molar-refractivity contribution in [1.82, 2.24) is 0 Å². The van der Waals surface area contributed by atoms with Gasteiger partial charge in [-0.05, 0) is 28.1 Å². The topological polar surface area (TPSA) is 9.23 Å². The fourth-order valence-corrected chi connectivity index (χ4v) is 1.20. The molecule has 0 spiro atoms. The second-order valence-corrected chi connectivity index (χ2v) is 3.45. The summed E-state index contributed by atoms with van der Waals surface area (Å²) in [5, 5.41) is 0. The fraction of sp³-hybridized carbons (Fsp3) is 0.250. The van der Waals surface area contributed by atoms with Crippen LogP contribution in [0.15, 0.2) is 22.7 Å². The summed E-state index contributed by atoms with van der Waals surface area (Å²) in [6.07, 6.45) is 0. The summed E-state index contributed by atoms with van der Waals surface area (Å²) >= 11 is 7.22. The molecule has 4 heteroatoms. The van der Waals surface area contributed by atoms with Crippen LogP contribution in [-0.2, 0) is 0 Å². The number of hydrogen-bond acceptors (Lipinski definition) is 2. The summed E-state index contributed by atoms with van der Waals surface area (Å²) in [5.41, 5.74) is 0. The molecule has 0 saturated carbocycles. The molecule has 0 bridgehead atoms. The molecule has 0 saturated heterocycles. The predicted octanol–water partition coefficient (Wildman–Crippen LogP) is 2.90. The highest BCUT2D eigenvalue weighted by molar-refractivity contribution is 9.10. The number of hydrogen-bond donors (Lipinski definition) is 1. The van der Waals surface area contributed by atoms with E-state index in [9.17, 15) is 4.39 Å². The molecule has 1 aromatic rings. The van der Waals surface area contributed by atoms with Gasteiger partial charge < -0.3 is 4.74 Å². The van der Waals surface area contributed by atoms with Gasteiger partial charge in [0.1, 0.15) is 11.6 Å². The minimum Gasteiger partial charge on any atom is -0.491 e. The first kappa shape index (κ1) is 9.86. The van der Waals surface area contributed by atoms with Crippen molar-refractivity contribution in [1.29, 1.82) is 0 Å². The largest absolute Gasteiger partial charge is 0.491 e. The van der Waals surface area contributed by atoms with E-state index in [0.29, 0.717) is 18.1 Å². The molecule has 12 heavy (non-hydrogen) atoms. The van der Waals surface area contributed by atoms with E-state index in [-0.39, 0.29) is 5.82 Å². The maximum absolute atomic E-state index is 12.7. The maximum Gasteiger partial charge on any atom is 0.136 e. The first-order chi connectivity index (χ1) is 5.74. The summed E-state index contributed by atoms with van der Waals surface area (Å²) < 4.78 is 18.6. The van der Waals surface area contributed by atoms with Crippen LogP contribution in [0.1, 0.15) is 0 Å². The molecule has 0 heterocycles. The lowest BCUT2D eigenvalue weighted by Crippen LogP contribution is -1.98. The summed E-state index contributed by atoms with van der Waals surface area (Å²) in [7, 11) is 0. The Hall–Kier alpha value is -0.220. The molecule has 0 unspecified atom stereocenters. The second-order valence-electron chi connectivity index (χ2n) is 2.15. The molecular formula is C8H8BrFOS. The molecule has 0 aromatic heterocycles. The van der Waals surface area contributed by atoms with E-state index in [2.05, 4.69) is 28.6 Å². The van der Waals surface area contributed by atoms with Crippen LogP contribution in [0.5, 0.6) is 5.75 Å². The van der Waals surface area contributed by atoms with Gasteiger partial charge >= 0.3 is 0 Å². The zero-order chi connectivity index (χ0) is 8.97. The molecule has 0 aliphatic carbocycles. The van der Waals surface area contributed by atoms with E-state index in [1.54, 1.807) is 6.07 Å². The summed E-state index contributed by atoms with van der Waals surface area (Å²) in [6, 6.07) is 4.33. The SMILES string of the molecule is Fc1ccc(Br)c(OCCS)c1. The summed E-state index contributed by atoms with van der Waals surface area (Å²) in [4.78, 5) is 0. The van der Waals surface area contributed by atoms with Crippen molar-refractivity contribution in [2.24, 2.45) is 0 Å². The van der Waals surface area contributed by atoms with Gasteiger partial charge in [-0.15, -0.1) is 0 Å². The van der Waals surface area contributed by atoms with Crippen molar-refractivity contribution in [2.45, 2.75) is 0 Å². The molecular weight excluding hydrogens is 243 g/mol. The number of ether oxygens (including phenoxy) is 1. The van der Waals surface area contributed by atoms with E-state index in [0.717, 1.165) is 4.47 Å². The predicted molar refractivity (Wildman–Crippen MR) is 53.4 cm³/mol. The van der Waals surface area contributed by atoms with Gasteiger partial charge in [-0.2, -0.15) is 12.6 Å². The van der Waals surface area contributed by atoms with Crippen LogP contribution >= 0.6 is 28.6 Å². The average Bonchev–Trinajstić information content (AvgIpc) is 2.07. The third-order valence-corrected chi connectivity index (χ3v) is 2.08. The van der Waals surface area contributed by atoms with Gasteiger partial charge in [0.2, 0.25) is 0 Å². The number of thiol groups is 1. The molecule has 0 amide bonds. The Morgan fingerprint density at radius 3 is 2.92 bits per heavy atom. The normalized spacial score (nSPS) is 9.92. The van der Waals surface area contributed by atoms with E-state index in [1.165, 1.54) is 12.1 Å². The summed E-state index contributed by atoms with van der Waals surface area (Å²) in [6.45, 7) is 0.477. The minimum atomic E-state index is -0.299. The van der Waals surface area contributed by atoms with Gasteiger partial charge in [-0.1, -0.05) is 0 Å². The molecule has 0 aliphatic heterocycles. The van der Waals surface area contributed by atoms with E-state index < -0.39 is 0 Å². The van der Waals surface area contributed by atoms with Gasteiger partial charge in [0.25, 0.3) is 0 Å². The fourth-order valence-electron chi connectivity index (χ4n) is 0.743. The van der Waals surface area contributed by atoms with E-state index in [4.69, 9.17) is 4.74 Å². The van der Waals surface area contributed by atoms with Crippen molar-refractivity contribution in [2.75, 3.05) is 12.4 Å². The minimum absolute atomic E-state index is 0.299. The highest BCUT2D eigenvalue weighted by Gasteiger charge is 2.01. The van der Waals surface area contributed by atoms with Gasteiger partial charge in [0.05, 0.1) is 11.1 Å². The zero-order valence-corrected chi connectivity index (χ0v) is 8.74. The standard InChI is InChI=1S/C8H8BrFOS/c9-7-2-1-6(10)5-8(7)11-3-4-12/h1-2,5,12H,3-4H2. The highest BCUT2D eigenvalue weighted by Crippen LogP contribution is 2.25. The lowest BCUT2D eigenvalue weighted by molar-refractivity contribution is 0.340. The van der Waals surface area contributed by atoms with Crippen LogP contribution in [0.25, 0.3) is 0 Å². The van der Waals surface area contributed by atoms with Crippen molar-refractivity contribution in [3.63, 3.8) is 0 Å². The zero-order valence-electron chi connectivity index (χ0n) is 6.26. The molecule has 0 fully saturated rings. The van der Waals surface area contributed by atoms with Crippen molar-refractivity contribution in [3.8, 4) is 5.75 Å². The van der Waals surface area contributed by atoms with E-state index >= 15 is 0 Å². The molecule has 1 aromatic carbocycles. The molecule has 0 aliphatic rings. The Balaban J connectivity index is 2.75. The van der Waals surface area contributed by atoms with Crippen molar-refractivity contribution < 1.29 is 9.13 Å². The Kier molecular flexibility index (Phi) is 3.88. The van der Waals surface area contributed by atoms with Crippen LogP contribution in [0.2, 0.25) is 0 Å². The van der Waals surface area contributed by atoms with Gasteiger partial charge in [-0.3, -0.25) is 0 Å². The summed E-state index contributed by atoms with van der Waals surface area (Å²) in [5.74, 6) is 0.833. The number of benzene rings is 1. The number of halogens is 2. The molecule has 0 radical (unpaired) electrons. The smallest absolute Gasteiger partial charge is 0.136 e. The quantitative estimate of drug-likeness (QED) is 0.812. The van der Waals surface area contributed by atoms with Crippen molar-refractivity contribution >= 4 is 28.6 Å². The highest BCUT2D eigenvalue weighted by atomic mass is 79.9. The van der Waals surface area contributed by atoms with E-state index in [1.807, 2.05) is 0 Å². The molecule has 0 atom stereocenters. The second kappa shape index (κ2) is 4.72. The van der Waals surface area contributed by atoms with Crippen LogP contribution < -0.4 is 4.74 Å². The third kappa shape index (κ3) is 2.68. The Morgan fingerprint density at radius 1 is 1.50 bits per heavy atom. The maximum atomic E-state index is 12.7. The average molecular weight is 251 g/mol. The van der Waals surface area contributed by atoms with Gasteiger partial charge in [0.15, 0.2) is 0 Å². The Bertz CT molecular complexity index is 267. The third-order valence-electron chi connectivity index (χ3n) is 1.24. The Labute approximate surface area is 84.5 Å². The van der Waals surface area contributed by atoms with Gasteiger partial charge in [-0.25, -0.2) is 4.39 Å². The van der Waals surface area contributed by atoms with Crippen LogP contribution in [0.4, 0.5) is 4.39 Å². The lowest BCUT2D eigenvalue weighted by Gasteiger charge is -2.05. The molecule has 66 valence electrons. The lowest BCUT2D eigenvalue weighted by atomic mass is 10.3.